The molecule has 0 saturated heterocycles. The lowest BCUT2D eigenvalue weighted by Crippen LogP contribution is -2.49. The summed E-state index contributed by atoms with van der Waals surface area (Å²) >= 11 is 1.40. The van der Waals surface area contributed by atoms with E-state index < -0.39 is 5.54 Å². The molecule has 6 nitrogen and oxygen atoms in total. The monoisotopic (exact) mass is 349 g/mol. The van der Waals surface area contributed by atoms with Gasteiger partial charge in [-0.3, -0.25) is 4.79 Å². The summed E-state index contributed by atoms with van der Waals surface area (Å²) in [5.41, 5.74) is -0.843. The topological polar surface area (TPSA) is 83.6 Å². The Kier molecular flexibility index (Phi) is 6.27. The molecule has 1 saturated carbocycles. The largest absolute Gasteiger partial charge is 0.337 e. The molecule has 24 heavy (non-hydrogen) atoms. The first-order chi connectivity index (χ1) is 11.4. The van der Waals surface area contributed by atoms with Crippen LogP contribution in [0.25, 0.3) is 0 Å². The van der Waals surface area contributed by atoms with E-state index in [0.29, 0.717) is 6.04 Å². The molecule has 0 radical (unpaired) electrons. The van der Waals surface area contributed by atoms with Crippen LogP contribution in [0.3, 0.4) is 0 Å². The number of carbonyl (C=O) groups is 1. The number of rotatable bonds is 6. The van der Waals surface area contributed by atoms with E-state index in [-0.39, 0.29) is 17.6 Å². The highest BCUT2D eigenvalue weighted by Crippen LogP contribution is 2.32. The lowest BCUT2D eigenvalue weighted by molar-refractivity contribution is -0.120. The van der Waals surface area contributed by atoms with Gasteiger partial charge in [0, 0.05) is 6.04 Å². The Morgan fingerprint density at radius 3 is 2.67 bits per heavy atom. The van der Waals surface area contributed by atoms with Crippen LogP contribution in [0.4, 0.5) is 0 Å². The highest BCUT2D eigenvalue weighted by atomic mass is 32.2. The zero-order valence-electron chi connectivity index (χ0n) is 15.0. The minimum absolute atomic E-state index is 0.0459. The van der Waals surface area contributed by atoms with E-state index in [0.717, 1.165) is 23.8 Å². The maximum atomic E-state index is 12.2. The van der Waals surface area contributed by atoms with Crippen molar-refractivity contribution in [2.45, 2.75) is 76.5 Å². The lowest BCUT2D eigenvalue weighted by Gasteiger charge is -2.27. The van der Waals surface area contributed by atoms with Crippen molar-refractivity contribution in [2.75, 3.05) is 5.75 Å². The second kappa shape index (κ2) is 8.02. The Hall–Kier alpha value is -1.55. The summed E-state index contributed by atoms with van der Waals surface area (Å²) in [6, 6.07) is 2.64. The Bertz CT molecular complexity index is 615. The Labute approximate surface area is 148 Å². The highest BCUT2D eigenvalue weighted by Gasteiger charge is 2.30. The van der Waals surface area contributed by atoms with Crippen LogP contribution in [-0.4, -0.2) is 32.0 Å². The summed E-state index contributed by atoms with van der Waals surface area (Å²) in [6.07, 6.45) is 6.07. The van der Waals surface area contributed by atoms with E-state index >= 15 is 0 Å². The van der Waals surface area contributed by atoms with Crippen molar-refractivity contribution in [2.24, 2.45) is 5.92 Å². The first-order valence-electron chi connectivity index (χ1n) is 8.64. The third-order valence-corrected chi connectivity index (χ3v) is 5.84. The van der Waals surface area contributed by atoms with Crippen molar-refractivity contribution < 1.29 is 4.79 Å². The van der Waals surface area contributed by atoms with E-state index in [4.69, 9.17) is 0 Å². The first kappa shape index (κ1) is 18.8. The Balaban J connectivity index is 2.00. The third-order valence-electron chi connectivity index (χ3n) is 4.89. The molecule has 132 valence electrons. The zero-order valence-corrected chi connectivity index (χ0v) is 15.8. The standard InChI is InChI=1S/C17H27N5OS/c1-12(2)17(4,11-18)19-15(23)10-24-16-21-20-13(3)22(16)14-8-6-5-7-9-14/h12,14H,5-10H2,1-4H3,(H,19,23). The SMILES string of the molecule is Cc1nnc(SCC(=O)NC(C)(C#N)C(C)C)n1C1CCCCC1. The van der Waals surface area contributed by atoms with E-state index in [1.54, 1.807) is 6.92 Å². The second-order valence-electron chi connectivity index (χ2n) is 7.00. The number of aromatic nitrogens is 3. The molecular formula is C17H27N5OS. The van der Waals surface area contributed by atoms with Gasteiger partial charge in [0.2, 0.25) is 5.91 Å². The van der Waals surface area contributed by atoms with Crippen LogP contribution >= 0.6 is 11.8 Å². The molecule has 1 atom stereocenters. The van der Waals surface area contributed by atoms with Gasteiger partial charge in [0.15, 0.2) is 5.16 Å². The van der Waals surface area contributed by atoms with Crippen molar-refractivity contribution in [1.82, 2.24) is 20.1 Å². The molecule has 0 bridgehead atoms. The molecule has 1 amide bonds. The van der Waals surface area contributed by atoms with Crippen LogP contribution in [0.5, 0.6) is 0 Å². The van der Waals surface area contributed by atoms with Gasteiger partial charge in [-0.25, -0.2) is 0 Å². The summed E-state index contributed by atoms with van der Waals surface area (Å²) in [6.45, 7) is 7.59. The highest BCUT2D eigenvalue weighted by molar-refractivity contribution is 7.99. The molecule has 0 aliphatic heterocycles. The van der Waals surface area contributed by atoms with Gasteiger partial charge in [0.1, 0.15) is 11.4 Å². The van der Waals surface area contributed by atoms with Crippen molar-refractivity contribution >= 4 is 17.7 Å². The van der Waals surface area contributed by atoms with Crippen LogP contribution < -0.4 is 5.32 Å². The maximum absolute atomic E-state index is 12.2. The smallest absolute Gasteiger partial charge is 0.231 e. The number of amides is 1. The summed E-state index contributed by atoms with van der Waals surface area (Å²) in [5.74, 6) is 1.06. The number of nitrogens with zero attached hydrogens (tertiary/aromatic N) is 4. The van der Waals surface area contributed by atoms with Crippen molar-refractivity contribution in [3.8, 4) is 6.07 Å². The zero-order chi connectivity index (χ0) is 17.7. The number of aryl methyl sites for hydroxylation is 1. The Morgan fingerprint density at radius 1 is 1.42 bits per heavy atom. The average molecular weight is 350 g/mol. The van der Waals surface area contributed by atoms with E-state index in [1.807, 2.05) is 20.8 Å². The summed E-state index contributed by atoms with van der Waals surface area (Å²) in [5, 5.41) is 21.4. The van der Waals surface area contributed by atoms with Crippen LogP contribution in [0.2, 0.25) is 0 Å². The third kappa shape index (κ3) is 4.29. The van der Waals surface area contributed by atoms with Crippen LogP contribution in [0, 0.1) is 24.2 Å². The molecule has 1 unspecified atom stereocenters. The van der Waals surface area contributed by atoms with E-state index in [1.165, 1.54) is 31.0 Å². The van der Waals surface area contributed by atoms with Gasteiger partial charge in [-0.2, -0.15) is 5.26 Å². The second-order valence-corrected chi connectivity index (χ2v) is 7.94. The summed E-state index contributed by atoms with van der Waals surface area (Å²) in [7, 11) is 0. The molecule has 2 rings (SSSR count). The quantitative estimate of drug-likeness (QED) is 0.797. The fourth-order valence-electron chi connectivity index (χ4n) is 2.97. The number of hydrogen-bond acceptors (Lipinski definition) is 5. The molecular weight excluding hydrogens is 322 g/mol. The number of hydrogen-bond donors (Lipinski definition) is 1. The minimum Gasteiger partial charge on any atom is -0.337 e. The molecule has 1 aromatic heterocycles. The van der Waals surface area contributed by atoms with E-state index in [2.05, 4.69) is 26.2 Å². The minimum atomic E-state index is -0.843. The predicted octanol–water partition coefficient (Wildman–Crippen LogP) is 3.24. The van der Waals surface area contributed by atoms with Crippen molar-refractivity contribution in [3.05, 3.63) is 5.82 Å². The van der Waals surface area contributed by atoms with Gasteiger partial charge >= 0.3 is 0 Å². The fourth-order valence-corrected chi connectivity index (χ4v) is 3.82. The Morgan fingerprint density at radius 2 is 2.08 bits per heavy atom. The molecule has 0 aromatic carbocycles. The van der Waals surface area contributed by atoms with Crippen molar-refractivity contribution in [3.63, 3.8) is 0 Å². The predicted molar refractivity (Wildman–Crippen MR) is 94.6 cm³/mol. The van der Waals surface area contributed by atoms with Gasteiger partial charge in [0.05, 0.1) is 11.8 Å². The van der Waals surface area contributed by atoms with Crippen molar-refractivity contribution in [1.29, 1.82) is 5.26 Å². The fraction of sp³-hybridized carbons (Fsp3) is 0.765. The molecule has 1 aromatic rings. The van der Waals surface area contributed by atoms with Gasteiger partial charge in [-0.1, -0.05) is 44.9 Å². The summed E-state index contributed by atoms with van der Waals surface area (Å²) < 4.78 is 2.18. The molecule has 1 aliphatic carbocycles. The first-order valence-corrected chi connectivity index (χ1v) is 9.62. The van der Waals surface area contributed by atoms with E-state index in [9.17, 15) is 10.1 Å². The lowest BCUT2D eigenvalue weighted by atomic mass is 9.90. The molecule has 1 fully saturated rings. The molecule has 7 heteroatoms. The molecule has 1 heterocycles. The number of nitrogens with one attached hydrogen (secondary N) is 1. The number of thioether (sulfide) groups is 1. The van der Waals surface area contributed by atoms with Crippen LogP contribution in [0.15, 0.2) is 5.16 Å². The molecule has 0 spiro atoms. The molecule has 1 aliphatic rings. The van der Waals surface area contributed by atoms with Gasteiger partial charge in [-0.05, 0) is 32.6 Å². The van der Waals surface area contributed by atoms with Crippen LogP contribution in [0.1, 0.15) is 64.7 Å². The van der Waals surface area contributed by atoms with Crippen LogP contribution in [-0.2, 0) is 4.79 Å². The number of nitriles is 1. The maximum Gasteiger partial charge on any atom is 0.231 e. The normalized spacial score (nSPS) is 18.2. The van der Waals surface area contributed by atoms with Gasteiger partial charge in [0.25, 0.3) is 0 Å². The van der Waals surface area contributed by atoms with Gasteiger partial charge in [-0.15, -0.1) is 10.2 Å². The average Bonchev–Trinajstić information content (AvgIpc) is 2.94. The molecule has 1 N–H and O–H groups in total. The summed E-state index contributed by atoms with van der Waals surface area (Å²) in [4.78, 5) is 12.2. The van der Waals surface area contributed by atoms with Gasteiger partial charge < -0.3 is 9.88 Å². The number of carbonyl (C=O) groups excluding carboxylic acids is 1.